The fourth-order valence-electron chi connectivity index (χ4n) is 5.48. The van der Waals surface area contributed by atoms with E-state index in [2.05, 4.69) is 10.6 Å². The van der Waals surface area contributed by atoms with E-state index in [1.54, 1.807) is 6.07 Å². The van der Waals surface area contributed by atoms with Gasteiger partial charge < -0.3 is 20.3 Å². The van der Waals surface area contributed by atoms with Gasteiger partial charge >= 0.3 is 18.3 Å². The van der Waals surface area contributed by atoms with E-state index in [0.717, 1.165) is 12.1 Å². The molecule has 39 heavy (non-hydrogen) atoms. The number of amides is 5. The van der Waals surface area contributed by atoms with Crippen LogP contribution in [0.25, 0.3) is 0 Å². The number of rotatable bonds is 3. The van der Waals surface area contributed by atoms with Crippen molar-refractivity contribution in [3.05, 3.63) is 64.5 Å². The van der Waals surface area contributed by atoms with Crippen LogP contribution in [-0.4, -0.2) is 59.5 Å². The summed E-state index contributed by atoms with van der Waals surface area (Å²) >= 11 is 0. The predicted octanol–water partition coefficient (Wildman–Crippen LogP) is 3.60. The van der Waals surface area contributed by atoms with Crippen LogP contribution in [0.3, 0.4) is 0 Å². The monoisotopic (exact) mass is 548 g/mol. The van der Waals surface area contributed by atoms with E-state index in [-0.39, 0.29) is 12.8 Å². The largest absolute Gasteiger partial charge is 0.427 e. The minimum absolute atomic E-state index is 0.0782. The van der Waals surface area contributed by atoms with Crippen LogP contribution in [-0.2, 0) is 39.3 Å². The highest BCUT2D eigenvalue weighted by Crippen LogP contribution is 2.46. The number of imide groups is 1. The molecule has 13 heteroatoms. The minimum atomic E-state index is -4.78. The molecule has 1 spiro atoms. The number of fused-ring (bicyclic) bond motifs is 3. The molecule has 0 aromatic heterocycles. The lowest BCUT2D eigenvalue weighted by atomic mass is 9.94. The number of nitrogens with zero attached hydrogens (tertiary/aromatic N) is 2. The molecule has 9 nitrogen and oxygen atoms in total. The minimum Gasteiger partial charge on any atom is -0.427 e. The third-order valence-electron chi connectivity index (χ3n) is 7.41. The van der Waals surface area contributed by atoms with Gasteiger partial charge in [-0.1, -0.05) is 12.1 Å². The highest BCUT2D eigenvalue weighted by Gasteiger charge is 2.59. The molecule has 0 bridgehead atoms. The third kappa shape index (κ3) is 4.66. The number of anilines is 1. The van der Waals surface area contributed by atoms with Crippen LogP contribution in [0.5, 0.6) is 0 Å². The van der Waals surface area contributed by atoms with Crippen LogP contribution < -0.4 is 10.6 Å². The first-order valence-corrected chi connectivity index (χ1v) is 12.2. The molecule has 2 heterocycles. The predicted molar refractivity (Wildman–Crippen MR) is 128 cm³/mol. The molecule has 0 unspecified atom stereocenters. The maximum absolute atomic E-state index is 14.0. The standard InChI is InChI=1S/C26H24F4N4O5/c1-31-23(37)32-18-5-6-19-15(11-18)8-9-25(19)22(36)34(24(38)39-25)13-21(35)33-12-16-2-4-17(27)10-14(16)3-7-20(33)26(28,29)30/h2,4-6,10-11,20H,3,7-9,12-13H2,1H3,(H2,31,32,37)/t20-,25+/m0/s1. The quantitative estimate of drug-likeness (QED) is 0.570. The van der Waals surface area contributed by atoms with Gasteiger partial charge in [0.05, 0.1) is 0 Å². The van der Waals surface area contributed by atoms with Gasteiger partial charge in [-0.15, -0.1) is 0 Å². The summed E-state index contributed by atoms with van der Waals surface area (Å²) < 4.78 is 61.1. The summed E-state index contributed by atoms with van der Waals surface area (Å²) in [4.78, 5) is 52.3. The molecule has 0 radical (unpaired) electrons. The Labute approximate surface area is 220 Å². The molecule has 2 aromatic rings. The van der Waals surface area contributed by atoms with Crippen molar-refractivity contribution in [3.63, 3.8) is 0 Å². The Balaban J connectivity index is 1.39. The van der Waals surface area contributed by atoms with Crippen molar-refractivity contribution in [2.75, 3.05) is 18.9 Å². The SMILES string of the molecule is CNC(=O)Nc1ccc2c(c1)CC[C@@]21OC(=O)N(CC(=O)N2Cc3ccc(F)cc3CC[C@H]2C(F)(F)F)C1=O. The normalized spacial score (nSPS) is 22.3. The van der Waals surface area contributed by atoms with Gasteiger partial charge in [0.25, 0.3) is 5.91 Å². The first kappa shape index (κ1) is 26.4. The Hall–Kier alpha value is -4.16. The maximum Gasteiger partial charge on any atom is 0.418 e. The smallest absolute Gasteiger partial charge is 0.418 e. The van der Waals surface area contributed by atoms with E-state index in [9.17, 15) is 36.7 Å². The zero-order chi connectivity index (χ0) is 28.1. The molecule has 1 saturated heterocycles. The average Bonchev–Trinajstić information content (AvgIpc) is 3.25. The van der Waals surface area contributed by atoms with E-state index < -0.39 is 67.1 Å². The first-order valence-electron chi connectivity index (χ1n) is 12.2. The molecule has 2 aliphatic heterocycles. The van der Waals surface area contributed by atoms with Crippen LogP contribution >= 0.6 is 0 Å². The van der Waals surface area contributed by atoms with Gasteiger partial charge in [0.15, 0.2) is 0 Å². The number of aryl methyl sites for hydroxylation is 2. The summed E-state index contributed by atoms with van der Waals surface area (Å²) in [7, 11) is 1.45. The number of carbonyl (C=O) groups excluding carboxylic acids is 4. The number of urea groups is 1. The molecule has 2 aromatic carbocycles. The van der Waals surface area contributed by atoms with E-state index in [1.807, 2.05) is 0 Å². The Morgan fingerprint density at radius 2 is 1.85 bits per heavy atom. The number of carbonyl (C=O) groups is 4. The van der Waals surface area contributed by atoms with Crippen molar-refractivity contribution in [1.29, 1.82) is 0 Å². The molecular formula is C26H24F4N4O5. The van der Waals surface area contributed by atoms with Crippen LogP contribution in [0, 0.1) is 5.82 Å². The highest BCUT2D eigenvalue weighted by molar-refractivity contribution is 6.06. The van der Waals surface area contributed by atoms with Gasteiger partial charge in [-0.3, -0.25) is 9.59 Å². The molecule has 206 valence electrons. The van der Waals surface area contributed by atoms with Crippen molar-refractivity contribution in [3.8, 4) is 0 Å². The summed E-state index contributed by atoms with van der Waals surface area (Å²) in [6.45, 7) is -1.39. The van der Waals surface area contributed by atoms with E-state index in [1.165, 1.54) is 25.2 Å². The summed E-state index contributed by atoms with van der Waals surface area (Å²) in [6.07, 6.45) is -6.09. The van der Waals surface area contributed by atoms with E-state index in [4.69, 9.17) is 4.74 Å². The van der Waals surface area contributed by atoms with E-state index in [0.29, 0.717) is 44.2 Å². The van der Waals surface area contributed by atoms with Crippen molar-refractivity contribution >= 4 is 29.6 Å². The number of halogens is 4. The summed E-state index contributed by atoms with van der Waals surface area (Å²) in [5, 5.41) is 5.02. The van der Waals surface area contributed by atoms with Crippen molar-refractivity contribution in [2.24, 2.45) is 0 Å². The fraction of sp³-hybridized carbons (Fsp3) is 0.385. The van der Waals surface area contributed by atoms with Crippen molar-refractivity contribution in [1.82, 2.24) is 15.1 Å². The summed E-state index contributed by atoms with van der Waals surface area (Å²) in [6, 6.07) is 5.66. The zero-order valence-corrected chi connectivity index (χ0v) is 20.7. The van der Waals surface area contributed by atoms with Crippen LogP contribution in [0.4, 0.5) is 32.8 Å². The molecular weight excluding hydrogens is 524 g/mol. The second-order valence-corrected chi connectivity index (χ2v) is 9.69. The number of hydrogen-bond donors (Lipinski definition) is 2. The Morgan fingerprint density at radius 3 is 2.56 bits per heavy atom. The second kappa shape index (κ2) is 9.54. The molecule has 3 aliphatic rings. The molecule has 1 fully saturated rings. The fourth-order valence-corrected chi connectivity index (χ4v) is 5.48. The van der Waals surface area contributed by atoms with E-state index >= 15 is 0 Å². The van der Waals surface area contributed by atoms with Gasteiger partial charge in [0.2, 0.25) is 11.5 Å². The van der Waals surface area contributed by atoms with Crippen molar-refractivity contribution in [2.45, 2.75) is 50.0 Å². The lowest BCUT2D eigenvalue weighted by molar-refractivity contribution is -0.192. The van der Waals surface area contributed by atoms with Gasteiger partial charge in [-0.05, 0) is 60.2 Å². The first-order chi connectivity index (χ1) is 18.4. The number of ether oxygens (including phenoxy) is 1. The lowest BCUT2D eigenvalue weighted by Crippen LogP contribution is -2.52. The lowest BCUT2D eigenvalue weighted by Gasteiger charge is -2.32. The number of alkyl halides is 3. The molecule has 0 saturated carbocycles. The second-order valence-electron chi connectivity index (χ2n) is 9.69. The topological polar surface area (TPSA) is 108 Å². The third-order valence-corrected chi connectivity index (χ3v) is 7.41. The highest BCUT2D eigenvalue weighted by atomic mass is 19.4. The van der Waals surface area contributed by atoms with Crippen LogP contribution in [0.1, 0.15) is 35.1 Å². The Morgan fingerprint density at radius 1 is 1.08 bits per heavy atom. The number of hydrogen-bond acceptors (Lipinski definition) is 5. The van der Waals surface area contributed by atoms with Crippen molar-refractivity contribution < 1.29 is 41.5 Å². The average molecular weight is 548 g/mol. The number of nitrogens with one attached hydrogen (secondary N) is 2. The van der Waals surface area contributed by atoms with Gasteiger partial charge in [0, 0.05) is 31.3 Å². The van der Waals surface area contributed by atoms with Gasteiger partial charge in [0.1, 0.15) is 18.4 Å². The molecule has 2 atom stereocenters. The molecule has 2 N–H and O–H groups in total. The molecule has 5 rings (SSSR count). The van der Waals surface area contributed by atoms with Crippen LogP contribution in [0.2, 0.25) is 0 Å². The summed E-state index contributed by atoms with van der Waals surface area (Å²) in [5.74, 6) is -2.52. The Bertz CT molecular complexity index is 1380. The molecule has 5 amide bonds. The Kier molecular flexibility index (Phi) is 6.47. The number of benzene rings is 2. The summed E-state index contributed by atoms with van der Waals surface area (Å²) in [5.41, 5.74) is 0.499. The van der Waals surface area contributed by atoms with Crippen LogP contribution in [0.15, 0.2) is 36.4 Å². The van der Waals surface area contributed by atoms with Gasteiger partial charge in [-0.25, -0.2) is 18.9 Å². The molecule has 1 aliphatic carbocycles. The zero-order valence-electron chi connectivity index (χ0n) is 20.7. The van der Waals surface area contributed by atoms with Gasteiger partial charge in [-0.2, -0.15) is 13.2 Å². The maximum atomic E-state index is 14.0.